The zero-order valence-corrected chi connectivity index (χ0v) is 24.9. The van der Waals surface area contributed by atoms with Gasteiger partial charge in [-0.2, -0.15) is 0 Å². The van der Waals surface area contributed by atoms with E-state index in [9.17, 15) is 9.90 Å². The molecule has 4 aromatic carbocycles. The molecule has 0 saturated carbocycles. The summed E-state index contributed by atoms with van der Waals surface area (Å²) in [7, 11) is 0. The molecule has 5 N–H and O–H groups in total. The SMILES string of the molecule is Nc1cnc(-c2ccc(-c3ccccc3CCc3cccc(OCC(=O)O)c3-c3ccc(-c4cnc(N)cn4)c(F)c3)cc2F)cn1. The molecule has 0 aliphatic rings. The third kappa shape index (κ3) is 6.89. The first-order valence-corrected chi connectivity index (χ1v) is 14.6. The molecule has 47 heavy (non-hydrogen) atoms. The summed E-state index contributed by atoms with van der Waals surface area (Å²) in [4.78, 5) is 27.7. The van der Waals surface area contributed by atoms with Crippen molar-refractivity contribution in [3.8, 4) is 50.5 Å². The number of aliphatic carboxylic acids is 1. The van der Waals surface area contributed by atoms with Crippen molar-refractivity contribution in [2.45, 2.75) is 12.8 Å². The average molecular weight is 631 g/mol. The summed E-state index contributed by atoms with van der Waals surface area (Å²) in [6.07, 6.45) is 6.59. The molecular formula is C36H28F2N6O3. The molecule has 0 fully saturated rings. The predicted molar refractivity (Wildman–Crippen MR) is 175 cm³/mol. The van der Waals surface area contributed by atoms with Crippen molar-refractivity contribution in [2.75, 3.05) is 18.1 Å². The Morgan fingerprint density at radius 2 is 1.23 bits per heavy atom. The maximum atomic E-state index is 15.5. The summed E-state index contributed by atoms with van der Waals surface area (Å²) in [6.45, 7) is -0.565. The molecule has 11 heteroatoms. The van der Waals surface area contributed by atoms with Gasteiger partial charge in [-0.3, -0.25) is 9.97 Å². The Labute approximate surface area is 268 Å². The Kier molecular flexibility index (Phi) is 8.78. The van der Waals surface area contributed by atoms with Crippen LogP contribution in [0.4, 0.5) is 20.4 Å². The third-order valence-electron chi connectivity index (χ3n) is 7.58. The highest BCUT2D eigenvalue weighted by Gasteiger charge is 2.18. The van der Waals surface area contributed by atoms with Crippen LogP contribution in [0.3, 0.4) is 0 Å². The van der Waals surface area contributed by atoms with Gasteiger partial charge in [-0.1, -0.05) is 48.5 Å². The second kappa shape index (κ2) is 13.4. The molecule has 0 amide bonds. The van der Waals surface area contributed by atoms with Gasteiger partial charge in [0.2, 0.25) is 0 Å². The summed E-state index contributed by atoms with van der Waals surface area (Å²) in [5.41, 5.74) is 16.9. The van der Waals surface area contributed by atoms with Crippen LogP contribution in [0.2, 0.25) is 0 Å². The van der Waals surface area contributed by atoms with Gasteiger partial charge >= 0.3 is 5.97 Å². The number of ether oxygens (including phenoxy) is 1. The fraction of sp³-hybridized carbons (Fsp3) is 0.0833. The van der Waals surface area contributed by atoms with Crippen molar-refractivity contribution in [3.63, 3.8) is 0 Å². The zero-order chi connectivity index (χ0) is 32.9. The summed E-state index contributed by atoms with van der Waals surface area (Å²) >= 11 is 0. The van der Waals surface area contributed by atoms with E-state index in [1.54, 1.807) is 30.3 Å². The summed E-state index contributed by atoms with van der Waals surface area (Å²) in [6, 6.07) is 22.7. The van der Waals surface area contributed by atoms with E-state index in [0.717, 1.165) is 16.7 Å². The quantitative estimate of drug-likeness (QED) is 0.152. The van der Waals surface area contributed by atoms with E-state index >= 15 is 8.78 Å². The van der Waals surface area contributed by atoms with E-state index in [1.807, 2.05) is 36.4 Å². The summed E-state index contributed by atoms with van der Waals surface area (Å²) in [5, 5.41) is 9.29. The van der Waals surface area contributed by atoms with Gasteiger partial charge in [0, 0.05) is 16.7 Å². The number of hydrogen-bond acceptors (Lipinski definition) is 8. The number of carboxylic acid groups (broad SMARTS) is 1. The average Bonchev–Trinajstić information content (AvgIpc) is 3.07. The molecule has 0 radical (unpaired) electrons. The Balaban J connectivity index is 1.32. The van der Waals surface area contributed by atoms with Crippen LogP contribution in [0.25, 0.3) is 44.8 Å². The molecule has 9 nitrogen and oxygen atoms in total. The largest absolute Gasteiger partial charge is 0.481 e. The smallest absolute Gasteiger partial charge is 0.341 e. The highest BCUT2D eigenvalue weighted by atomic mass is 19.1. The van der Waals surface area contributed by atoms with Gasteiger partial charge in [0.05, 0.1) is 36.2 Å². The maximum absolute atomic E-state index is 15.5. The fourth-order valence-corrected chi connectivity index (χ4v) is 5.38. The Bertz CT molecular complexity index is 2070. The lowest BCUT2D eigenvalue weighted by molar-refractivity contribution is -0.139. The fourth-order valence-electron chi connectivity index (χ4n) is 5.38. The number of aryl methyl sites for hydroxylation is 2. The molecule has 0 unspecified atom stereocenters. The number of anilines is 2. The first kappa shape index (κ1) is 30.8. The number of rotatable bonds is 10. The Hall–Kier alpha value is -6.23. The minimum atomic E-state index is -1.14. The van der Waals surface area contributed by atoms with Crippen LogP contribution < -0.4 is 16.2 Å². The van der Waals surface area contributed by atoms with Crippen molar-refractivity contribution in [2.24, 2.45) is 0 Å². The predicted octanol–water partition coefficient (Wildman–Crippen LogP) is 6.63. The molecule has 0 aliphatic heterocycles. The van der Waals surface area contributed by atoms with Gasteiger partial charge < -0.3 is 21.3 Å². The van der Waals surface area contributed by atoms with Crippen LogP contribution in [-0.4, -0.2) is 37.6 Å². The van der Waals surface area contributed by atoms with Crippen LogP contribution in [0.1, 0.15) is 11.1 Å². The molecule has 0 aliphatic carbocycles. The van der Waals surface area contributed by atoms with Crippen molar-refractivity contribution in [1.29, 1.82) is 0 Å². The molecule has 234 valence electrons. The Morgan fingerprint density at radius 3 is 1.83 bits per heavy atom. The number of aromatic nitrogens is 4. The van der Waals surface area contributed by atoms with Crippen molar-refractivity contribution < 1.29 is 23.4 Å². The monoisotopic (exact) mass is 630 g/mol. The number of carbonyl (C=O) groups is 1. The number of carboxylic acids is 1. The molecule has 0 spiro atoms. The van der Waals surface area contributed by atoms with E-state index in [0.29, 0.717) is 52.2 Å². The van der Waals surface area contributed by atoms with E-state index < -0.39 is 24.2 Å². The number of halogens is 2. The van der Waals surface area contributed by atoms with Crippen molar-refractivity contribution >= 4 is 17.6 Å². The number of nitrogens with two attached hydrogens (primary N) is 2. The first-order chi connectivity index (χ1) is 22.8. The second-order valence-electron chi connectivity index (χ2n) is 10.7. The molecule has 6 rings (SSSR count). The minimum Gasteiger partial charge on any atom is -0.481 e. The molecule has 0 bridgehead atoms. The lowest BCUT2D eigenvalue weighted by atomic mass is 9.90. The van der Waals surface area contributed by atoms with Crippen molar-refractivity contribution in [3.05, 3.63) is 126 Å². The second-order valence-corrected chi connectivity index (χ2v) is 10.7. The lowest BCUT2D eigenvalue weighted by Gasteiger charge is -2.17. The van der Waals surface area contributed by atoms with Gasteiger partial charge in [-0.15, -0.1) is 0 Å². The first-order valence-electron chi connectivity index (χ1n) is 14.6. The van der Waals surface area contributed by atoms with Gasteiger partial charge in [0.15, 0.2) is 6.61 Å². The van der Waals surface area contributed by atoms with Gasteiger partial charge in [0.1, 0.15) is 29.0 Å². The third-order valence-corrected chi connectivity index (χ3v) is 7.58. The molecule has 2 heterocycles. The van der Waals surface area contributed by atoms with Gasteiger partial charge in [-0.05, 0) is 71.0 Å². The minimum absolute atomic E-state index is 0.219. The van der Waals surface area contributed by atoms with Gasteiger partial charge in [-0.25, -0.2) is 23.5 Å². The Morgan fingerprint density at radius 1 is 0.660 bits per heavy atom. The van der Waals surface area contributed by atoms with Crippen LogP contribution in [-0.2, 0) is 17.6 Å². The molecular weight excluding hydrogens is 602 g/mol. The number of benzene rings is 4. The van der Waals surface area contributed by atoms with E-state index in [1.165, 1.54) is 36.9 Å². The normalized spacial score (nSPS) is 10.9. The highest BCUT2D eigenvalue weighted by molar-refractivity contribution is 5.78. The van der Waals surface area contributed by atoms with E-state index in [4.69, 9.17) is 16.2 Å². The molecule has 0 atom stereocenters. The van der Waals surface area contributed by atoms with Crippen LogP contribution in [0.15, 0.2) is 104 Å². The van der Waals surface area contributed by atoms with E-state index in [2.05, 4.69) is 19.9 Å². The summed E-state index contributed by atoms with van der Waals surface area (Å²) in [5.74, 6) is -1.35. The maximum Gasteiger partial charge on any atom is 0.341 e. The number of nitrogen functional groups attached to an aromatic ring is 2. The van der Waals surface area contributed by atoms with Crippen molar-refractivity contribution in [1.82, 2.24) is 19.9 Å². The zero-order valence-electron chi connectivity index (χ0n) is 24.9. The van der Waals surface area contributed by atoms with E-state index in [-0.39, 0.29) is 17.2 Å². The number of hydrogen-bond donors (Lipinski definition) is 3. The molecule has 6 aromatic rings. The molecule has 0 saturated heterocycles. The standard InChI is InChI=1S/C36H28F2N6O3/c37-28-14-23(10-12-26(28)30-16-43-33(39)18-41-30)25-6-2-1-4-21(25)8-9-22-5-3-7-32(47-20-35(45)46)36(22)24-11-13-27(29(38)15-24)31-17-44-34(40)19-42-31/h1-7,10-19H,8-9,20H2,(H2,39,43)(H2,40,44)(H,45,46). The van der Waals surface area contributed by atoms with Crippen LogP contribution in [0.5, 0.6) is 5.75 Å². The summed E-state index contributed by atoms with van der Waals surface area (Å²) < 4.78 is 36.5. The van der Waals surface area contributed by atoms with Crippen LogP contribution in [0, 0.1) is 11.6 Å². The lowest BCUT2D eigenvalue weighted by Crippen LogP contribution is -2.10. The number of nitrogens with zero attached hydrogens (tertiary/aromatic N) is 4. The highest BCUT2D eigenvalue weighted by Crippen LogP contribution is 2.37. The molecule has 2 aromatic heterocycles. The van der Waals surface area contributed by atoms with Crippen LogP contribution >= 0.6 is 0 Å². The van der Waals surface area contributed by atoms with Gasteiger partial charge in [0.25, 0.3) is 0 Å². The topological polar surface area (TPSA) is 150 Å².